The van der Waals surface area contributed by atoms with Crippen molar-refractivity contribution >= 4 is 11.6 Å². The van der Waals surface area contributed by atoms with Gasteiger partial charge in [0.15, 0.2) is 11.5 Å². The summed E-state index contributed by atoms with van der Waals surface area (Å²) in [6.07, 6.45) is 6.67. The number of fused-ring (bicyclic) bond motifs is 2. The van der Waals surface area contributed by atoms with Gasteiger partial charge in [-0.05, 0) is 43.7 Å². The first kappa shape index (κ1) is 17.2. The van der Waals surface area contributed by atoms with E-state index < -0.39 is 0 Å². The third-order valence-corrected chi connectivity index (χ3v) is 5.81. The third-order valence-electron chi connectivity index (χ3n) is 5.81. The van der Waals surface area contributed by atoms with Crippen LogP contribution in [0.4, 0.5) is 0 Å². The number of carbonyl (C=O) groups is 1. The van der Waals surface area contributed by atoms with Crippen LogP contribution in [-0.4, -0.2) is 60.6 Å². The molecule has 3 aromatic heterocycles. The smallest absolute Gasteiger partial charge is 0.260 e. The van der Waals surface area contributed by atoms with Crippen LogP contribution in [0.1, 0.15) is 52.6 Å². The van der Waals surface area contributed by atoms with E-state index >= 15 is 0 Å². The molecule has 1 amide bonds. The molecule has 9 heteroatoms. The van der Waals surface area contributed by atoms with Crippen LogP contribution in [0.3, 0.4) is 0 Å². The maximum absolute atomic E-state index is 12.9. The third kappa shape index (κ3) is 2.73. The molecule has 0 radical (unpaired) electrons. The average Bonchev–Trinajstić information content (AvgIpc) is 3.43. The maximum Gasteiger partial charge on any atom is 0.260 e. The predicted octanol–water partition coefficient (Wildman–Crippen LogP) is 1.37. The van der Waals surface area contributed by atoms with Gasteiger partial charge in [-0.3, -0.25) is 9.48 Å². The van der Waals surface area contributed by atoms with Gasteiger partial charge >= 0.3 is 0 Å². The number of hydrogen-bond acceptors (Lipinski definition) is 6. The molecule has 0 bridgehead atoms. The number of ether oxygens (including phenoxy) is 1. The number of aryl methyl sites for hydroxylation is 3. The van der Waals surface area contributed by atoms with Gasteiger partial charge < -0.3 is 9.64 Å². The zero-order valence-electron chi connectivity index (χ0n) is 16.1. The molecule has 1 aliphatic heterocycles. The highest BCUT2D eigenvalue weighted by atomic mass is 16.5. The van der Waals surface area contributed by atoms with E-state index in [-0.39, 0.29) is 11.8 Å². The fraction of sp³-hybridized carbons (Fsp3) is 0.526. The maximum atomic E-state index is 12.9. The summed E-state index contributed by atoms with van der Waals surface area (Å²) in [5.41, 5.74) is 3.81. The summed E-state index contributed by atoms with van der Waals surface area (Å²) in [5.74, 6) is 1.50. The van der Waals surface area contributed by atoms with Crippen molar-refractivity contribution in [2.24, 2.45) is 7.05 Å². The highest BCUT2D eigenvalue weighted by Gasteiger charge is 2.30. The number of amides is 1. The Bertz CT molecular complexity index is 1050. The summed E-state index contributed by atoms with van der Waals surface area (Å²) < 4.78 is 8.75. The minimum Gasteiger partial charge on any atom is -0.479 e. The molecule has 5 rings (SSSR count). The fourth-order valence-electron chi connectivity index (χ4n) is 4.33. The van der Waals surface area contributed by atoms with Crippen molar-refractivity contribution in [3.05, 3.63) is 34.9 Å². The molecule has 1 saturated heterocycles. The standard InChI is InChI=1S/C19H23N7O2/c1-24-11-14(18(23-24)28-2)19(27)25-8-6-12(7-9-25)17-21-20-16-10-13-4-3-5-15(13)22-26(16)17/h10-12H,3-9H2,1-2H3. The van der Waals surface area contributed by atoms with Crippen molar-refractivity contribution in [2.75, 3.05) is 20.2 Å². The van der Waals surface area contributed by atoms with E-state index in [0.29, 0.717) is 24.5 Å². The summed E-state index contributed by atoms with van der Waals surface area (Å²) in [6, 6.07) is 2.12. The molecule has 0 saturated carbocycles. The van der Waals surface area contributed by atoms with Crippen LogP contribution in [0.5, 0.6) is 5.88 Å². The Kier molecular flexibility index (Phi) is 4.03. The second-order valence-electron chi connectivity index (χ2n) is 7.59. The van der Waals surface area contributed by atoms with Gasteiger partial charge in [0.2, 0.25) is 5.88 Å². The van der Waals surface area contributed by atoms with Gasteiger partial charge in [-0.25, -0.2) is 0 Å². The lowest BCUT2D eigenvalue weighted by Gasteiger charge is -2.31. The first-order valence-electron chi connectivity index (χ1n) is 9.75. The molecule has 1 aliphatic carbocycles. The lowest BCUT2D eigenvalue weighted by atomic mass is 9.95. The van der Waals surface area contributed by atoms with Gasteiger partial charge in [0.1, 0.15) is 5.56 Å². The fourth-order valence-corrected chi connectivity index (χ4v) is 4.33. The Morgan fingerprint density at radius 2 is 2.00 bits per heavy atom. The zero-order valence-corrected chi connectivity index (χ0v) is 16.1. The predicted molar refractivity (Wildman–Crippen MR) is 100 cm³/mol. The second kappa shape index (κ2) is 6.57. The van der Waals surface area contributed by atoms with Crippen LogP contribution in [0.2, 0.25) is 0 Å². The zero-order chi connectivity index (χ0) is 19.3. The van der Waals surface area contributed by atoms with Gasteiger partial charge in [0.05, 0.1) is 12.8 Å². The molecular formula is C19H23N7O2. The van der Waals surface area contributed by atoms with E-state index in [4.69, 9.17) is 9.84 Å². The molecule has 0 N–H and O–H groups in total. The number of nitrogens with zero attached hydrogens (tertiary/aromatic N) is 7. The Balaban J connectivity index is 1.33. The van der Waals surface area contributed by atoms with Crippen molar-refractivity contribution in [3.8, 4) is 5.88 Å². The molecule has 2 aliphatic rings. The van der Waals surface area contributed by atoms with Gasteiger partial charge in [-0.15, -0.1) is 15.3 Å². The van der Waals surface area contributed by atoms with Gasteiger partial charge in [0.25, 0.3) is 5.91 Å². The molecule has 1 fully saturated rings. The minimum absolute atomic E-state index is 0.0366. The molecule has 4 heterocycles. The molecule has 0 aromatic carbocycles. The Morgan fingerprint density at radius 1 is 1.18 bits per heavy atom. The number of carbonyl (C=O) groups excluding carboxylic acids is 1. The highest BCUT2D eigenvalue weighted by molar-refractivity contribution is 5.96. The molecule has 146 valence electrons. The van der Waals surface area contributed by atoms with Crippen LogP contribution in [0.25, 0.3) is 5.65 Å². The summed E-state index contributed by atoms with van der Waals surface area (Å²) >= 11 is 0. The number of rotatable bonds is 3. The van der Waals surface area contributed by atoms with Crippen molar-refractivity contribution < 1.29 is 9.53 Å². The van der Waals surface area contributed by atoms with Crippen LogP contribution < -0.4 is 4.74 Å². The van der Waals surface area contributed by atoms with E-state index in [2.05, 4.69) is 21.4 Å². The molecule has 9 nitrogen and oxygen atoms in total. The van der Waals surface area contributed by atoms with Crippen molar-refractivity contribution in [2.45, 2.75) is 38.0 Å². The SMILES string of the molecule is COc1nn(C)cc1C(=O)N1CCC(c2nnc3cc4c(nn23)CCC4)CC1. The molecule has 0 unspecified atom stereocenters. The minimum atomic E-state index is -0.0366. The quantitative estimate of drug-likeness (QED) is 0.681. The summed E-state index contributed by atoms with van der Waals surface area (Å²) in [4.78, 5) is 14.7. The van der Waals surface area contributed by atoms with Crippen molar-refractivity contribution in [3.63, 3.8) is 0 Å². The number of likely N-dealkylation sites (tertiary alicyclic amines) is 1. The first-order chi connectivity index (χ1) is 13.6. The number of piperidine rings is 1. The lowest BCUT2D eigenvalue weighted by molar-refractivity contribution is 0.0707. The van der Waals surface area contributed by atoms with E-state index in [1.54, 1.807) is 17.9 Å². The Hall–Kier alpha value is -2.97. The molecule has 3 aromatic rings. The van der Waals surface area contributed by atoms with E-state index in [0.717, 1.165) is 43.6 Å². The average molecular weight is 381 g/mol. The van der Waals surface area contributed by atoms with Crippen molar-refractivity contribution in [1.29, 1.82) is 0 Å². The topological polar surface area (TPSA) is 90.4 Å². The summed E-state index contributed by atoms with van der Waals surface area (Å²) in [6.45, 7) is 1.34. The normalized spacial score (nSPS) is 17.3. The number of aromatic nitrogens is 6. The lowest BCUT2D eigenvalue weighted by Crippen LogP contribution is -2.38. The molecule has 28 heavy (non-hydrogen) atoms. The largest absolute Gasteiger partial charge is 0.479 e. The summed E-state index contributed by atoms with van der Waals surface area (Å²) in [7, 11) is 3.32. The van der Waals surface area contributed by atoms with Gasteiger partial charge in [-0.1, -0.05) is 0 Å². The molecule has 0 atom stereocenters. The Morgan fingerprint density at radius 3 is 2.79 bits per heavy atom. The molecular weight excluding hydrogens is 358 g/mol. The Labute approximate surface area is 162 Å². The second-order valence-corrected chi connectivity index (χ2v) is 7.59. The van der Waals surface area contributed by atoms with Crippen LogP contribution in [-0.2, 0) is 19.9 Å². The first-order valence-corrected chi connectivity index (χ1v) is 9.75. The number of hydrogen-bond donors (Lipinski definition) is 0. The van der Waals surface area contributed by atoms with E-state index in [9.17, 15) is 4.79 Å². The number of methoxy groups -OCH3 is 1. The van der Waals surface area contributed by atoms with Crippen LogP contribution in [0.15, 0.2) is 12.3 Å². The summed E-state index contributed by atoms with van der Waals surface area (Å²) in [5, 5.41) is 17.8. The van der Waals surface area contributed by atoms with Crippen LogP contribution in [0, 0.1) is 0 Å². The van der Waals surface area contributed by atoms with Crippen molar-refractivity contribution in [1.82, 2.24) is 34.5 Å². The van der Waals surface area contributed by atoms with Crippen LogP contribution >= 0.6 is 0 Å². The van der Waals surface area contributed by atoms with Gasteiger partial charge in [-0.2, -0.15) is 9.61 Å². The monoisotopic (exact) mass is 381 g/mol. The van der Waals surface area contributed by atoms with Gasteiger partial charge in [0, 0.05) is 32.3 Å². The van der Waals surface area contributed by atoms with E-state index in [1.165, 1.54) is 18.4 Å². The van der Waals surface area contributed by atoms with E-state index in [1.807, 2.05) is 9.42 Å². The highest BCUT2D eigenvalue weighted by Crippen LogP contribution is 2.30. The molecule has 0 spiro atoms.